The minimum atomic E-state index is 0.716. The number of fused-ring (bicyclic) bond motifs is 12. The Bertz CT molecular complexity index is 2970. The molecule has 0 amide bonds. The summed E-state index contributed by atoms with van der Waals surface area (Å²) in [6.45, 7) is 6.45. The van der Waals surface area contributed by atoms with Crippen LogP contribution in [0.4, 0.5) is 0 Å². The second-order valence-electron chi connectivity index (χ2n) is 13.0. The summed E-state index contributed by atoms with van der Waals surface area (Å²) in [5, 5.41) is 5.12. The highest BCUT2D eigenvalue weighted by atomic mass is 16.5. The average Bonchev–Trinajstić information content (AvgIpc) is 3.78. The third-order valence-corrected chi connectivity index (χ3v) is 9.72. The zero-order chi connectivity index (χ0) is 33.5. The summed E-state index contributed by atoms with van der Waals surface area (Å²) in [4.78, 5) is 19.9. The topological polar surface area (TPSA) is 69.6 Å². The summed E-state index contributed by atoms with van der Waals surface area (Å²) >= 11 is 0. The largest absolute Gasteiger partial charge is 0.457 e. The fourth-order valence-electron chi connectivity index (χ4n) is 7.66. The van der Waals surface area contributed by atoms with Crippen LogP contribution in [0, 0.1) is 20.8 Å². The van der Waals surface area contributed by atoms with Crippen molar-refractivity contribution in [3.63, 3.8) is 0 Å². The van der Waals surface area contributed by atoms with Crippen LogP contribution >= 0.6 is 0 Å². The summed E-state index contributed by atoms with van der Waals surface area (Å²) in [5.74, 6) is 1.43. The van der Waals surface area contributed by atoms with Gasteiger partial charge in [-0.05, 0) is 97.9 Å². The molecule has 0 radical (unpaired) electrons. The molecular formula is C43H30N6O. The van der Waals surface area contributed by atoms with Gasteiger partial charge in [-0.2, -0.15) is 0 Å². The van der Waals surface area contributed by atoms with Gasteiger partial charge in [-0.25, -0.2) is 15.0 Å². The Kier molecular flexibility index (Phi) is 6.08. The number of hydrogen-bond donors (Lipinski definition) is 0. The summed E-state index contributed by atoms with van der Waals surface area (Å²) in [6, 6.07) is 35.2. The Labute approximate surface area is 287 Å². The van der Waals surface area contributed by atoms with Crippen LogP contribution in [0.1, 0.15) is 16.7 Å². The second kappa shape index (κ2) is 10.7. The van der Waals surface area contributed by atoms with Crippen LogP contribution in [-0.4, -0.2) is 28.7 Å². The van der Waals surface area contributed by atoms with E-state index in [0.717, 1.165) is 83.2 Å². The monoisotopic (exact) mass is 646 g/mol. The van der Waals surface area contributed by atoms with Crippen molar-refractivity contribution in [2.45, 2.75) is 20.8 Å². The maximum atomic E-state index is 6.64. The molecule has 4 aromatic carbocycles. The molecule has 7 nitrogen and oxygen atoms in total. The quantitative estimate of drug-likeness (QED) is 0.178. The highest BCUT2D eigenvalue weighted by Gasteiger charge is 2.18. The van der Waals surface area contributed by atoms with Crippen LogP contribution in [0.2, 0.25) is 0 Å². The van der Waals surface area contributed by atoms with Gasteiger partial charge in [0, 0.05) is 57.5 Å². The number of imidazole rings is 2. The predicted octanol–water partition coefficient (Wildman–Crippen LogP) is 10.4. The van der Waals surface area contributed by atoms with Crippen LogP contribution in [0.15, 0.2) is 128 Å². The van der Waals surface area contributed by atoms with Crippen molar-refractivity contribution < 1.29 is 4.74 Å². The Balaban J connectivity index is 1.14. The van der Waals surface area contributed by atoms with E-state index in [4.69, 9.17) is 24.7 Å². The lowest BCUT2D eigenvalue weighted by Crippen LogP contribution is -1.94. The molecule has 238 valence electrons. The van der Waals surface area contributed by atoms with Gasteiger partial charge in [-0.15, -0.1) is 0 Å². The van der Waals surface area contributed by atoms with E-state index in [9.17, 15) is 0 Å². The number of pyridine rings is 4. The van der Waals surface area contributed by atoms with Gasteiger partial charge in [0.15, 0.2) is 0 Å². The van der Waals surface area contributed by atoms with Gasteiger partial charge in [-0.1, -0.05) is 48.0 Å². The molecule has 0 saturated carbocycles. The zero-order valence-corrected chi connectivity index (χ0v) is 27.7. The highest BCUT2D eigenvalue weighted by Crippen LogP contribution is 2.38. The lowest BCUT2D eigenvalue weighted by atomic mass is 9.98. The highest BCUT2D eigenvalue weighted by molar-refractivity contribution is 6.12. The third-order valence-electron chi connectivity index (χ3n) is 9.72. The summed E-state index contributed by atoms with van der Waals surface area (Å²) in [7, 11) is 0. The van der Waals surface area contributed by atoms with E-state index in [1.54, 1.807) is 0 Å². The van der Waals surface area contributed by atoms with Gasteiger partial charge in [0.2, 0.25) is 0 Å². The van der Waals surface area contributed by atoms with E-state index in [0.29, 0.717) is 5.75 Å². The average molecular weight is 647 g/mol. The first-order valence-corrected chi connectivity index (χ1v) is 16.7. The number of rotatable bonds is 4. The summed E-state index contributed by atoms with van der Waals surface area (Å²) < 4.78 is 10.9. The molecule has 6 aromatic heterocycles. The van der Waals surface area contributed by atoms with Crippen molar-refractivity contribution >= 4 is 54.9 Å². The van der Waals surface area contributed by atoms with Crippen LogP contribution in [0.5, 0.6) is 11.5 Å². The van der Waals surface area contributed by atoms with Gasteiger partial charge in [0.05, 0.1) is 22.4 Å². The molecular weight excluding hydrogens is 617 g/mol. The van der Waals surface area contributed by atoms with Gasteiger partial charge < -0.3 is 4.74 Å². The molecule has 6 heterocycles. The molecule has 0 aliphatic heterocycles. The fraction of sp³-hybridized carbons (Fsp3) is 0.0698. The molecule has 10 rings (SSSR count). The molecule has 0 bridgehead atoms. The maximum absolute atomic E-state index is 6.64. The fourth-order valence-corrected chi connectivity index (χ4v) is 7.66. The van der Waals surface area contributed by atoms with Crippen LogP contribution < -0.4 is 4.74 Å². The van der Waals surface area contributed by atoms with Gasteiger partial charge >= 0.3 is 0 Å². The molecule has 0 unspecified atom stereocenters. The smallest absolute Gasteiger partial charge is 0.147 e. The minimum absolute atomic E-state index is 0.716. The van der Waals surface area contributed by atoms with E-state index in [-0.39, 0.29) is 0 Å². The Morgan fingerprint density at radius 2 is 1.18 bits per heavy atom. The van der Waals surface area contributed by atoms with E-state index >= 15 is 0 Å². The first kappa shape index (κ1) is 28.4. The van der Waals surface area contributed by atoms with E-state index in [1.165, 1.54) is 16.7 Å². The van der Waals surface area contributed by atoms with Crippen molar-refractivity contribution in [1.29, 1.82) is 0 Å². The Hall–Kier alpha value is -6.60. The van der Waals surface area contributed by atoms with E-state index in [2.05, 4.69) is 103 Å². The van der Waals surface area contributed by atoms with Crippen molar-refractivity contribution in [2.24, 2.45) is 0 Å². The molecule has 0 aliphatic rings. The lowest BCUT2D eigenvalue weighted by Gasteiger charge is -2.12. The van der Waals surface area contributed by atoms with Crippen molar-refractivity contribution in [3.05, 3.63) is 145 Å². The Morgan fingerprint density at radius 3 is 1.98 bits per heavy atom. The SMILES string of the molecule is Cc1cc(C)c(-c2cn3c4cccnc4c4ccc(Oc5ccc6c7cccnc7n7cc(-c8ccccc8)nc7c6c5)cc4c3n2)c(C)c1. The lowest BCUT2D eigenvalue weighted by molar-refractivity contribution is 0.484. The molecule has 0 spiro atoms. The van der Waals surface area contributed by atoms with Crippen molar-refractivity contribution in [1.82, 2.24) is 28.7 Å². The molecule has 50 heavy (non-hydrogen) atoms. The van der Waals surface area contributed by atoms with Gasteiger partial charge in [0.25, 0.3) is 0 Å². The number of benzene rings is 4. The number of nitrogens with zero attached hydrogens (tertiary/aromatic N) is 6. The maximum Gasteiger partial charge on any atom is 0.147 e. The second-order valence-corrected chi connectivity index (χ2v) is 13.0. The molecule has 0 fully saturated rings. The van der Waals surface area contributed by atoms with Crippen LogP contribution in [-0.2, 0) is 0 Å². The van der Waals surface area contributed by atoms with Gasteiger partial charge in [0.1, 0.15) is 28.4 Å². The summed E-state index contributed by atoms with van der Waals surface area (Å²) in [6.07, 6.45) is 7.88. The zero-order valence-electron chi connectivity index (χ0n) is 27.7. The molecule has 0 saturated heterocycles. The number of aryl methyl sites for hydroxylation is 3. The van der Waals surface area contributed by atoms with Gasteiger partial charge in [-0.3, -0.25) is 13.8 Å². The van der Waals surface area contributed by atoms with Crippen molar-refractivity contribution in [3.8, 4) is 34.0 Å². The molecule has 0 aliphatic carbocycles. The van der Waals surface area contributed by atoms with Crippen LogP contribution in [0.25, 0.3) is 77.4 Å². The summed E-state index contributed by atoms with van der Waals surface area (Å²) in [5.41, 5.74) is 12.2. The third kappa shape index (κ3) is 4.30. The molecule has 0 N–H and O–H groups in total. The first-order valence-electron chi connectivity index (χ1n) is 16.7. The van der Waals surface area contributed by atoms with E-state index < -0.39 is 0 Å². The first-order chi connectivity index (χ1) is 24.5. The molecule has 0 atom stereocenters. The molecule has 10 aromatic rings. The standard InChI is InChI=1S/C43H30N6O/c1-25-19-26(2)39(27(3)20-25)37-24-48-38-12-8-17-44-40(38)32-16-14-30(22-35(32)42(48)47-37)50-29-13-15-31-33-11-7-18-45-41(33)49-23-36(28-9-5-4-6-10-28)46-43(49)34(31)21-29/h4-24H,1-3H3. The predicted molar refractivity (Wildman–Crippen MR) is 201 cm³/mol. The number of hydrogen-bond acceptors (Lipinski definition) is 5. The normalized spacial score (nSPS) is 11.9. The Morgan fingerprint density at radius 1 is 0.520 bits per heavy atom. The van der Waals surface area contributed by atoms with Crippen LogP contribution in [0.3, 0.4) is 0 Å². The van der Waals surface area contributed by atoms with Crippen molar-refractivity contribution in [2.75, 3.05) is 0 Å². The van der Waals surface area contributed by atoms with E-state index in [1.807, 2.05) is 54.9 Å². The molecule has 7 heteroatoms. The minimum Gasteiger partial charge on any atom is -0.457 e. The number of aromatic nitrogens is 6. The number of ether oxygens (including phenoxy) is 1.